The van der Waals surface area contributed by atoms with Crippen LogP contribution in [0.1, 0.15) is 26.2 Å². The third-order valence-corrected chi connectivity index (χ3v) is 3.31. The molecule has 16 heavy (non-hydrogen) atoms. The number of rotatable bonds is 3. The van der Waals surface area contributed by atoms with Crippen LogP contribution in [-0.4, -0.2) is 13.2 Å². The van der Waals surface area contributed by atoms with Crippen molar-refractivity contribution >= 4 is 11.4 Å². The van der Waals surface area contributed by atoms with Gasteiger partial charge in [-0.2, -0.15) is 0 Å². The lowest BCUT2D eigenvalue weighted by Crippen LogP contribution is -2.16. The maximum absolute atomic E-state index is 5.97. The zero-order valence-corrected chi connectivity index (χ0v) is 9.99. The average molecular weight is 220 g/mol. The Labute approximate surface area is 97.0 Å². The molecule has 0 aromatic heterocycles. The highest BCUT2D eigenvalue weighted by Gasteiger charge is 2.21. The van der Waals surface area contributed by atoms with Crippen LogP contribution in [-0.2, 0) is 0 Å². The number of ether oxygens (including phenoxy) is 1. The van der Waals surface area contributed by atoms with Gasteiger partial charge in [-0.3, -0.25) is 0 Å². The molecule has 3 N–H and O–H groups in total. The summed E-state index contributed by atoms with van der Waals surface area (Å²) in [6.45, 7) is 2.30. The van der Waals surface area contributed by atoms with Gasteiger partial charge in [0.15, 0.2) is 0 Å². The van der Waals surface area contributed by atoms with Crippen LogP contribution < -0.4 is 15.8 Å². The molecule has 2 rings (SSSR count). The van der Waals surface area contributed by atoms with E-state index < -0.39 is 0 Å². The van der Waals surface area contributed by atoms with Crippen molar-refractivity contribution in [3.05, 3.63) is 18.2 Å². The summed E-state index contributed by atoms with van der Waals surface area (Å²) in [5.41, 5.74) is 7.76. The molecule has 1 fully saturated rings. The Bertz CT molecular complexity index is 365. The molecule has 0 spiro atoms. The summed E-state index contributed by atoms with van der Waals surface area (Å²) < 4.78 is 5.13. The van der Waals surface area contributed by atoms with Crippen LogP contribution in [0.5, 0.6) is 5.75 Å². The Hall–Kier alpha value is -1.38. The van der Waals surface area contributed by atoms with Crippen molar-refractivity contribution in [3.8, 4) is 5.75 Å². The third-order valence-electron chi connectivity index (χ3n) is 3.31. The van der Waals surface area contributed by atoms with Gasteiger partial charge >= 0.3 is 0 Å². The lowest BCUT2D eigenvalue weighted by Gasteiger charge is -2.16. The van der Waals surface area contributed by atoms with Gasteiger partial charge in [0.1, 0.15) is 5.75 Å². The third kappa shape index (κ3) is 2.40. The number of nitrogen functional groups attached to an aromatic ring is 1. The van der Waals surface area contributed by atoms with E-state index in [1.54, 1.807) is 7.11 Å². The van der Waals surface area contributed by atoms with Gasteiger partial charge in [-0.15, -0.1) is 0 Å². The van der Waals surface area contributed by atoms with Crippen molar-refractivity contribution in [1.82, 2.24) is 0 Å². The molecule has 1 aromatic carbocycles. The molecular formula is C13H20N2O. The van der Waals surface area contributed by atoms with Gasteiger partial charge in [0, 0.05) is 12.1 Å². The highest BCUT2D eigenvalue weighted by atomic mass is 16.5. The molecule has 0 amide bonds. The monoisotopic (exact) mass is 220 g/mol. The van der Waals surface area contributed by atoms with Gasteiger partial charge in [0.2, 0.25) is 0 Å². The van der Waals surface area contributed by atoms with E-state index in [4.69, 9.17) is 10.5 Å². The van der Waals surface area contributed by atoms with Gasteiger partial charge < -0.3 is 15.8 Å². The zero-order chi connectivity index (χ0) is 11.5. The number of nitrogens with two attached hydrogens (primary N) is 1. The molecule has 88 valence electrons. The Balaban J connectivity index is 2.04. The second kappa shape index (κ2) is 4.64. The number of hydrogen-bond acceptors (Lipinski definition) is 3. The van der Waals surface area contributed by atoms with Crippen molar-refractivity contribution in [2.45, 2.75) is 32.2 Å². The quantitative estimate of drug-likeness (QED) is 0.770. The van der Waals surface area contributed by atoms with E-state index in [1.165, 1.54) is 19.3 Å². The number of anilines is 2. The molecule has 0 aliphatic heterocycles. The topological polar surface area (TPSA) is 47.3 Å². The summed E-state index contributed by atoms with van der Waals surface area (Å²) in [4.78, 5) is 0. The SMILES string of the molecule is COc1ccc(NC2CCC(C)C2)c(N)c1. The summed E-state index contributed by atoms with van der Waals surface area (Å²) in [6.07, 6.45) is 3.80. The largest absolute Gasteiger partial charge is 0.497 e. The van der Waals surface area contributed by atoms with Crippen molar-refractivity contribution < 1.29 is 4.74 Å². The molecule has 1 aliphatic carbocycles. The van der Waals surface area contributed by atoms with Crippen LogP contribution in [0.25, 0.3) is 0 Å². The van der Waals surface area contributed by atoms with E-state index in [2.05, 4.69) is 12.2 Å². The van der Waals surface area contributed by atoms with E-state index >= 15 is 0 Å². The summed E-state index contributed by atoms with van der Waals surface area (Å²) in [7, 11) is 1.65. The molecule has 0 heterocycles. The first-order valence-corrected chi connectivity index (χ1v) is 5.89. The summed E-state index contributed by atoms with van der Waals surface area (Å²) in [6, 6.07) is 6.38. The average Bonchev–Trinajstić information content (AvgIpc) is 2.67. The van der Waals surface area contributed by atoms with Crippen LogP contribution in [0.4, 0.5) is 11.4 Å². The molecule has 0 radical (unpaired) electrons. The molecule has 1 aliphatic rings. The van der Waals surface area contributed by atoms with E-state index in [1.807, 2.05) is 18.2 Å². The Morgan fingerprint density at radius 1 is 1.38 bits per heavy atom. The van der Waals surface area contributed by atoms with E-state index in [-0.39, 0.29) is 0 Å². The number of benzene rings is 1. The highest BCUT2D eigenvalue weighted by Crippen LogP contribution is 2.30. The molecule has 1 saturated carbocycles. The second-order valence-electron chi connectivity index (χ2n) is 4.71. The van der Waals surface area contributed by atoms with Crippen molar-refractivity contribution in [2.75, 3.05) is 18.2 Å². The fourth-order valence-corrected chi connectivity index (χ4v) is 2.36. The first kappa shape index (κ1) is 11.1. The normalized spacial score (nSPS) is 24.4. The van der Waals surface area contributed by atoms with Gasteiger partial charge in [0.05, 0.1) is 18.5 Å². The van der Waals surface area contributed by atoms with Crippen LogP contribution >= 0.6 is 0 Å². The Morgan fingerprint density at radius 2 is 2.19 bits per heavy atom. The first-order valence-electron chi connectivity index (χ1n) is 5.89. The van der Waals surface area contributed by atoms with Crippen LogP contribution in [0.15, 0.2) is 18.2 Å². The molecule has 3 heteroatoms. The molecule has 3 nitrogen and oxygen atoms in total. The summed E-state index contributed by atoms with van der Waals surface area (Å²) >= 11 is 0. The van der Waals surface area contributed by atoms with Gasteiger partial charge in [-0.1, -0.05) is 6.92 Å². The van der Waals surface area contributed by atoms with Crippen molar-refractivity contribution in [3.63, 3.8) is 0 Å². The number of methoxy groups -OCH3 is 1. The number of nitrogens with one attached hydrogen (secondary N) is 1. The molecule has 0 bridgehead atoms. The van der Waals surface area contributed by atoms with Crippen molar-refractivity contribution in [1.29, 1.82) is 0 Å². The van der Waals surface area contributed by atoms with E-state index in [0.717, 1.165) is 23.0 Å². The molecule has 1 aromatic rings. The van der Waals surface area contributed by atoms with E-state index in [9.17, 15) is 0 Å². The van der Waals surface area contributed by atoms with Crippen LogP contribution in [0.2, 0.25) is 0 Å². The lowest BCUT2D eigenvalue weighted by molar-refractivity contribution is 0.415. The van der Waals surface area contributed by atoms with Crippen LogP contribution in [0.3, 0.4) is 0 Å². The smallest absolute Gasteiger partial charge is 0.121 e. The summed E-state index contributed by atoms with van der Waals surface area (Å²) in [5.74, 6) is 1.64. The standard InChI is InChI=1S/C13H20N2O/c1-9-3-4-10(7-9)15-13-6-5-11(16-2)8-12(13)14/h5-6,8-10,15H,3-4,7,14H2,1-2H3. The first-order chi connectivity index (χ1) is 7.69. The fourth-order valence-electron chi connectivity index (χ4n) is 2.36. The highest BCUT2D eigenvalue weighted by molar-refractivity contribution is 5.68. The minimum absolute atomic E-state index is 0.575. The molecule has 2 atom stereocenters. The van der Waals surface area contributed by atoms with Crippen LogP contribution in [0, 0.1) is 5.92 Å². The second-order valence-corrected chi connectivity index (χ2v) is 4.71. The minimum atomic E-state index is 0.575. The lowest BCUT2D eigenvalue weighted by atomic mass is 10.1. The maximum Gasteiger partial charge on any atom is 0.121 e. The number of hydrogen-bond donors (Lipinski definition) is 2. The zero-order valence-electron chi connectivity index (χ0n) is 9.99. The molecule has 2 unspecified atom stereocenters. The predicted molar refractivity (Wildman–Crippen MR) is 67.8 cm³/mol. The van der Waals surface area contributed by atoms with Gasteiger partial charge in [-0.25, -0.2) is 0 Å². The van der Waals surface area contributed by atoms with Gasteiger partial charge in [-0.05, 0) is 37.3 Å². The maximum atomic E-state index is 5.97. The predicted octanol–water partition coefficient (Wildman–Crippen LogP) is 2.88. The fraction of sp³-hybridized carbons (Fsp3) is 0.538. The Kier molecular flexibility index (Phi) is 3.22. The molecule has 0 saturated heterocycles. The Morgan fingerprint density at radius 3 is 2.75 bits per heavy atom. The summed E-state index contributed by atoms with van der Waals surface area (Å²) in [5, 5.41) is 3.51. The minimum Gasteiger partial charge on any atom is -0.497 e. The van der Waals surface area contributed by atoms with Gasteiger partial charge in [0.25, 0.3) is 0 Å². The van der Waals surface area contributed by atoms with Crippen molar-refractivity contribution in [2.24, 2.45) is 5.92 Å². The van der Waals surface area contributed by atoms with E-state index in [0.29, 0.717) is 6.04 Å². The molecular weight excluding hydrogens is 200 g/mol.